The molecular formula is C24H16BrN. The summed E-state index contributed by atoms with van der Waals surface area (Å²) in [4.78, 5) is 3.66. The van der Waals surface area contributed by atoms with E-state index in [0.717, 1.165) is 9.99 Å². The molecule has 0 atom stereocenters. The maximum atomic E-state index is 3.86. The molecule has 0 saturated carbocycles. The maximum absolute atomic E-state index is 3.86. The number of rotatable bonds is 2. The van der Waals surface area contributed by atoms with Gasteiger partial charge in [0.05, 0.1) is 5.52 Å². The van der Waals surface area contributed by atoms with Crippen molar-refractivity contribution < 1.29 is 0 Å². The summed E-state index contributed by atoms with van der Waals surface area (Å²) in [5.41, 5.74) is 7.22. The summed E-state index contributed by atoms with van der Waals surface area (Å²) in [7, 11) is 0. The number of halogens is 1. The molecule has 1 heterocycles. The van der Waals surface area contributed by atoms with Gasteiger partial charge >= 0.3 is 0 Å². The molecule has 0 amide bonds. The van der Waals surface area contributed by atoms with Gasteiger partial charge in [-0.2, -0.15) is 0 Å². The highest BCUT2D eigenvalue weighted by Gasteiger charge is 2.18. The molecule has 0 aliphatic rings. The first-order valence-corrected chi connectivity index (χ1v) is 9.46. The summed E-state index contributed by atoms with van der Waals surface area (Å²) in [5.74, 6) is 0. The zero-order valence-electron chi connectivity index (χ0n) is 14.0. The van der Waals surface area contributed by atoms with Gasteiger partial charge in [0.1, 0.15) is 0 Å². The van der Waals surface area contributed by atoms with Crippen LogP contribution in [-0.4, -0.2) is 4.98 Å². The van der Waals surface area contributed by atoms with Crippen LogP contribution < -0.4 is 0 Å². The van der Waals surface area contributed by atoms with Crippen molar-refractivity contribution in [2.24, 2.45) is 0 Å². The molecule has 0 spiro atoms. The average Bonchev–Trinajstić information content (AvgIpc) is 3.06. The molecule has 0 bridgehead atoms. The van der Waals surface area contributed by atoms with Crippen molar-refractivity contribution in [3.63, 3.8) is 0 Å². The van der Waals surface area contributed by atoms with Crippen LogP contribution in [0.5, 0.6) is 0 Å². The summed E-state index contributed by atoms with van der Waals surface area (Å²) in [5, 5.41) is 2.49. The van der Waals surface area contributed by atoms with Crippen LogP contribution in [0, 0.1) is 0 Å². The van der Waals surface area contributed by atoms with E-state index in [1.807, 2.05) is 0 Å². The summed E-state index contributed by atoms with van der Waals surface area (Å²) >= 11 is 3.86. The van der Waals surface area contributed by atoms with Crippen LogP contribution in [0.1, 0.15) is 0 Å². The highest BCUT2D eigenvalue weighted by Crippen LogP contribution is 2.44. The number of nitrogens with one attached hydrogen (secondary N) is 1. The number of H-pyrrole nitrogens is 1. The Hall–Kier alpha value is -2.84. The summed E-state index contributed by atoms with van der Waals surface area (Å²) < 4.78 is 1.11. The standard InChI is InChI=1S/C24H16BrN/c25-20-15-19-18-13-7-8-14-21(18)26-24(19)23(17-11-5-2-6-12-17)22(20)16-9-3-1-4-10-16/h1-15,26H. The van der Waals surface area contributed by atoms with E-state index in [1.54, 1.807) is 0 Å². The van der Waals surface area contributed by atoms with Gasteiger partial charge in [0, 0.05) is 31.9 Å². The molecule has 5 aromatic rings. The molecule has 0 fully saturated rings. The molecule has 1 N–H and O–H groups in total. The quantitative estimate of drug-likeness (QED) is 0.319. The van der Waals surface area contributed by atoms with Gasteiger partial charge in [0.15, 0.2) is 0 Å². The Kier molecular flexibility index (Phi) is 3.65. The molecule has 0 radical (unpaired) electrons. The van der Waals surface area contributed by atoms with Crippen molar-refractivity contribution in [2.75, 3.05) is 0 Å². The normalized spacial score (nSPS) is 11.3. The lowest BCUT2D eigenvalue weighted by atomic mass is 9.92. The van der Waals surface area contributed by atoms with Gasteiger partial charge in [-0.05, 0) is 23.3 Å². The summed E-state index contributed by atoms with van der Waals surface area (Å²) in [6.07, 6.45) is 0. The van der Waals surface area contributed by atoms with Gasteiger partial charge in [0.25, 0.3) is 0 Å². The summed E-state index contributed by atoms with van der Waals surface area (Å²) in [6.45, 7) is 0. The Labute approximate surface area is 160 Å². The fraction of sp³-hybridized carbons (Fsp3) is 0. The molecular weight excluding hydrogens is 382 g/mol. The molecule has 4 aromatic carbocycles. The lowest BCUT2D eigenvalue weighted by Gasteiger charge is -2.14. The number of hydrogen-bond acceptors (Lipinski definition) is 0. The number of hydrogen-bond donors (Lipinski definition) is 1. The van der Waals surface area contributed by atoms with Crippen molar-refractivity contribution in [3.8, 4) is 22.3 Å². The summed E-state index contributed by atoms with van der Waals surface area (Å²) in [6, 6.07) is 31.9. The van der Waals surface area contributed by atoms with Crippen LogP contribution in [-0.2, 0) is 0 Å². The molecule has 0 saturated heterocycles. The van der Waals surface area contributed by atoms with Crippen molar-refractivity contribution in [2.45, 2.75) is 0 Å². The predicted octanol–water partition coefficient (Wildman–Crippen LogP) is 7.42. The molecule has 0 unspecified atom stereocenters. The van der Waals surface area contributed by atoms with Crippen LogP contribution in [0.15, 0.2) is 95.5 Å². The fourth-order valence-corrected chi connectivity index (χ4v) is 4.39. The smallest absolute Gasteiger partial charge is 0.0551 e. The van der Waals surface area contributed by atoms with Gasteiger partial charge in [-0.15, -0.1) is 0 Å². The van der Waals surface area contributed by atoms with Crippen LogP contribution in [0.3, 0.4) is 0 Å². The zero-order valence-corrected chi connectivity index (χ0v) is 15.6. The third-order valence-corrected chi connectivity index (χ3v) is 5.51. The third kappa shape index (κ3) is 2.38. The number of benzene rings is 4. The van der Waals surface area contributed by atoms with Crippen molar-refractivity contribution in [1.29, 1.82) is 0 Å². The first-order chi connectivity index (χ1) is 12.8. The molecule has 0 aliphatic carbocycles. The van der Waals surface area contributed by atoms with Crippen LogP contribution in [0.2, 0.25) is 0 Å². The molecule has 124 valence electrons. The first kappa shape index (κ1) is 15.4. The minimum Gasteiger partial charge on any atom is -0.354 e. The molecule has 5 rings (SSSR count). The number of para-hydroxylation sites is 1. The van der Waals surface area contributed by atoms with Crippen molar-refractivity contribution in [3.05, 3.63) is 95.5 Å². The minimum absolute atomic E-state index is 1.11. The van der Waals surface area contributed by atoms with Crippen LogP contribution >= 0.6 is 15.9 Å². The van der Waals surface area contributed by atoms with Gasteiger partial charge in [-0.1, -0.05) is 94.8 Å². The highest BCUT2D eigenvalue weighted by atomic mass is 79.9. The Balaban J connectivity index is 1.98. The zero-order chi connectivity index (χ0) is 17.5. The van der Waals surface area contributed by atoms with E-state index >= 15 is 0 Å². The Morgan fingerprint density at radius 3 is 1.85 bits per heavy atom. The van der Waals surface area contributed by atoms with Gasteiger partial charge in [0.2, 0.25) is 0 Å². The van der Waals surface area contributed by atoms with Gasteiger partial charge in [-0.25, -0.2) is 0 Å². The molecule has 1 aromatic heterocycles. The van der Waals surface area contributed by atoms with E-state index in [2.05, 4.69) is 112 Å². The van der Waals surface area contributed by atoms with Gasteiger partial charge in [-0.3, -0.25) is 0 Å². The molecule has 2 heteroatoms. The van der Waals surface area contributed by atoms with Crippen LogP contribution in [0.25, 0.3) is 44.1 Å². The van der Waals surface area contributed by atoms with E-state index in [1.165, 1.54) is 38.5 Å². The molecule has 26 heavy (non-hydrogen) atoms. The van der Waals surface area contributed by atoms with E-state index < -0.39 is 0 Å². The lowest BCUT2D eigenvalue weighted by molar-refractivity contribution is 1.52. The van der Waals surface area contributed by atoms with E-state index in [-0.39, 0.29) is 0 Å². The van der Waals surface area contributed by atoms with Crippen molar-refractivity contribution in [1.82, 2.24) is 4.98 Å². The topological polar surface area (TPSA) is 15.8 Å². The fourth-order valence-electron chi connectivity index (χ4n) is 3.73. The number of fused-ring (bicyclic) bond motifs is 3. The van der Waals surface area contributed by atoms with E-state index in [0.29, 0.717) is 0 Å². The van der Waals surface area contributed by atoms with Crippen molar-refractivity contribution >= 4 is 37.7 Å². The monoisotopic (exact) mass is 397 g/mol. The number of aromatic amines is 1. The SMILES string of the molecule is Brc1cc2c([nH]c3ccccc32)c(-c2ccccc2)c1-c1ccccc1. The second-order valence-corrected chi connectivity index (χ2v) is 7.29. The molecule has 0 aliphatic heterocycles. The maximum Gasteiger partial charge on any atom is 0.0551 e. The second kappa shape index (κ2) is 6.15. The van der Waals surface area contributed by atoms with E-state index in [4.69, 9.17) is 0 Å². The minimum atomic E-state index is 1.11. The lowest BCUT2D eigenvalue weighted by Crippen LogP contribution is -1.89. The number of aromatic nitrogens is 1. The third-order valence-electron chi connectivity index (χ3n) is 4.88. The predicted molar refractivity (Wildman–Crippen MR) is 114 cm³/mol. The Morgan fingerprint density at radius 2 is 1.15 bits per heavy atom. The first-order valence-electron chi connectivity index (χ1n) is 8.67. The Morgan fingerprint density at radius 1 is 0.577 bits per heavy atom. The Bertz CT molecular complexity index is 1220. The highest BCUT2D eigenvalue weighted by molar-refractivity contribution is 9.10. The van der Waals surface area contributed by atoms with E-state index in [9.17, 15) is 0 Å². The van der Waals surface area contributed by atoms with Gasteiger partial charge < -0.3 is 4.98 Å². The average molecular weight is 398 g/mol. The largest absolute Gasteiger partial charge is 0.354 e. The second-order valence-electron chi connectivity index (χ2n) is 6.43. The molecule has 1 nitrogen and oxygen atoms in total. The van der Waals surface area contributed by atoms with Crippen LogP contribution in [0.4, 0.5) is 0 Å².